The van der Waals surface area contributed by atoms with Gasteiger partial charge in [0.15, 0.2) is 0 Å². The second-order valence-corrected chi connectivity index (χ2v) is 7.20. The molecule has 158 valence electrons. The van der Waals surface area contributed by atoms with Gasteiger partial charge in [-0.05, 0) is 55.0 Å². The quantitative estimate of drug-likeness (QED) is 0.507. The minimum atomic E-state index is -0.639. The van der Waals surface area contributed by atoms with Crippen LogP contribution in [0.1, 0.15) is 33.2 Å². The molecule has 0 aliphatic rings. The zero-order chi connectivity index (χ0) is 22.5. The maximum absolute atomic E-state index is 13.9. The van der Waals surface area contributed by atoms with E-state index < -0.39 is 17.6 Å². The van der Waals surface area contributed by atoms with Gasteiger partial charge in [-0.15, -0.1) is 0 Å². The van der Waals surface area contributed by atoms with Crippen LogP contribution in [0, 0.1) is 12.7 Å². The van der Waals surface area contributed by atoms with Crippen molar-refractivity contribution >= 4 is 46.4 Å². The van der Waals surface area contributed by atoms with Crippen LogP contribution >= 0.6 is 11.6 Å². The molecule has 0 heterocycles. The molecule has 0 bridgehead atoms. The summed E-state index contributed by atoms with van der Waals surface area (Å²) in [6.45, 7) is 3.13. The summed E-state index contributed by atoms with van der Waals surface area (Å²) in [5.74, 6) is -1.98. The lowest BCUT2D eigenvalue weighted by Crippen LogP contribution is -2.16. The molecule has 0 aliphatic heterocycles. The van der Waals surface area contributed by atoms with Crippen molar-refractivity contribution in [2.24, 2.45) is 0 Å². The standard InChI is InChI=1S/C23H19ClFN3O3/c1-13-7-8-15(11-20(13)27-23(31)17-5-3-4-6-19(17)25)22(30)28-21-12-16(26-14(2)29)9-10-18(21)24/h3-12H,1-2H3,(H,26,29)(H,27,31)(H,28,30). The molecule has 0 fully saturated rings. The molecular formula is C23H19ClFN3O3. The predicted molar refractivity (Wildman–Crippen MR) is 119 cm³/mol. The first-order valence-electron chi connectivity index (χ1n) is 9.29. The molecule has 3 rings (SSSR count). The van der Waals surface area contributed by atoms with Crippen LogP contribution < -0.4 is 16.0 Å². The average molecular weight is 440 g/mol. The smallest absolute Gasteiger partial charge is 0.258 e. The van der Waals surface area contributed by atoms with Crippen molar-refractivity contribution in [3.05, 3.63) is 88.2 Å². The van der Waals surface area contributed by atoms with Crippen molar-refractivity contribution in [3.8, 4) is 0 Å². The Morgan fingerprint density at radius 3 is 2.26 bits per heavy atom. The fourth-order valence-electron chi connectivity index (χ4n) is 2.83. The Bertz CT molecular complexity index is 1180. The van der Waals surface area contributed by atoms with Gasteiger partial charge in [0, 0.05) is 23.9 Å². The molecule has 0 saturated heterocycles. The minimum absolute atomic E-state index is 0.0988. The molecule has 31 heavy (non-hydrogen) atoms. The summed E-state index contributed by atoms with van der Waals surface area (Å²) in [4.78, 5) is 36.4. The highest BCUT2D eigenvalue weighted by Crippen LogP contribution is 2.27. The van der Waals surface area contributed by atoms with Gasteiger partial charge in [0.1, 0.15) is 5.82 Å². The van der Waals surface area contributed by atoms with E-state index in [0.29, 0.717) is 27.6 Å². The number of aryl methyl sites for hydroxylation is 1. The van der Waals surface area contributed by atoms with E-state index >= 15 is 0 Å². The topological polar surface area (TPSA) is 87.3 Å². The average Bonchev–Trinajstić information content (AvgIpc) is 2.72. The number of halogens is 2. The molecule has 3 aromatic carbocycles. The maximum atomic E-state index is 13.9. The largest absolute Gasteiger partial charge is 0.326 e. The molecule has 0 saturated carbocycles. The van der Waals surface area contributed by atoms with Crippen molar-refractivity contribution in [3.63, 3.8) is 0 Å². The summed E-state index contributed by atoms with van der Waals surface area (Å²) in [6.07, 6.45) is 0. The Morgan fingerprint density at radius 2 is 1.55 bits per heavy atom. The first kappa shape index (κ1) is 22.0. The summed E-state index contributed by atoms with van der Waals surface area (Å²) in [5, 5.41) is 8.23. The van der Waals surface area contributed by atoms with Crippen LogP contribution in [0.2, 0.25) is 5.02 Å². The van der Waals surface area contributed by atoms with Crippen LogP contribution in [0.5, 0.6) is 0 Å². The van der Waals surface area contributed by atoms with Crippen LogP contribution in [-0.2, 0) is 4.79 Å². The molecule has 6 nitrogen and oxygen atoms in total. The van der Waals surface area contributed by atoms with Crippen molar-refractivity contribution < 1.29 is 18.8 Å². The van der Waals surface area contributed by atoms with Crippen LogP contribution in [0.15, 0.2) is 60.7 Å². The van der Waals surface area contributed by atoms with E-state index in [1.165, 1.54) is 37.3 Å². The van der Waals surface area contributed by atoms with Crippen LogP contribution in [-0.4, -0.2) is 17.7 Å². The van der Waals surface area contributed by atoms with E-state index in [2.05, 4.69) is 16.0 Å². The summed E-state index contributed by atoms with van der Waals surface area (Å²) in [7, 11) is 0. The lowest BCUT2D eigenvalue weighted by molar-refractivity contribution is -0.114. The van der Waals surface area contributed by atoms with E-state index in [0.717, 1.165) is 0 Å². The zero-order valence-electron chi connectivity index (χ0n) is 16.8. The highest BCUT2D eigenvalue weighted by molar-refractivity contribution is 6.34. The number of hydrogen-bond acceptors (Lipinski definition) is 3. The molecule has 3 aromatic rings. The summed E-state index contributed by atoms with van der Waals surface area (Å²) in [5.41, 5.74) is 2.03. The van der Waals surface area contributed by atoms with Gasteiger partial charge in [-0.25, -0.2) is 4.39 Å². The van der Waals surface area contributed by atoms with Gasteiger partial charge in [0.05, 0.1) is 16.3 Å². The molecule has 8 heteroatoms. The van der Waals surface area contributed by atoms with Gasteiger partial charge in [0.25, 0.3) is 11.8 Å². The third-order valence-corrected chi connectivity index (χ3v) is 4.73. The Labute approximate surface area is 183 Å². The number of nitrogens with one attached hydrogen (secondary N) is 3. The molecule has 3 N–H and O–H groups in total. The zero-order valence-corrected chi connectivity index (χ0v) is 17.5. The number of carbonyl (C=O) groups is 3. The molecule has 0 aromatic heterocycles. The molecule has 0 atom stereocenters. The van der Waals surface area contributed by atoms with Gasteiger partial charge in [-0.1, -0.05) is 29.8 Å². The van der Waals surface area contributed by atoms with Gasteiger partial charge >= 0.3 is 0 Å². The van der Waals surface area contributed by atoms with Gasteiger partial charge < -0.3 is 16.0 Å². The second kappa shape index (κ2) is 9.40. The first-order chi connectivity index (χ1) is 14.7. The molecule has 0 unspecified atom stereocenters. The van der Waals surface area contributed by atoms with E-state index in [-0.39, 0.29) is 17.0 Å². The van der Waals surface area contributed by atoms with Crippen molar-refractivity contribution in [2.75, 3.05) is 16.0 Å². The van der Waals surface area contributed by atoms with E-state index in [4.69, 9.17) is 11.6 Å². The summed E-state index contributed by atoms with van der Waals surface area (Å²) < 4.78 is 13.9. The Balaban J connectivity index is 1.81. The number of rotatable bonds is 5. The minimum Gasteiger partial charge on any atom is -0.326 e. The van der Waals surface area contributed by atoms with Crippen molar-refractivity contribution in [2.45, 2.75) is 13.8 Å². The molecule has 3 amide bonds. The third kappa shape index (κ3) is 5.46. The monoisotopic (exact) mass is 439 g/mol. The fraction of sp³-hybridized carbons (Fsp3) is 0.0870. The SMILES string of the molecule is CC(=O)Nc1ccc(Cl)c(NC(=O)c2ccc(C)c(NC(=O)c3ccccc3F)c2)c1. The molecule has 0 spiro atoms. The molecular weight excluding hydrogens is 421 g/mol. The predicted octanol–water partition coefficient (Wildman–Crippen LogP) is 5.25. The number of benzene rings is 3. The lowest BCUT2D eigenvalue weighted by Gasteiger charge is -2.13. The Morgan fingerprint density at radius 1 is 0.839 bits per heavy atom. The third-order valence-electron chi connectivity index (χ3n) is 4.40. The lowest BCUT2D eigenvalue weighted by atomic mass is 10.1. The van der Waals surface area contributed by atoms with Crippen LogP contribution in [0.4, 0.5) is 21.5 Å². The van der Waals surface area contributed by atoms with Crippen molar-refractivity contribution in [1.82, 2.24) is 0 Å². The van der Waals surface area contributed by atoms with Gasteiger partial charge in [-0.3, -0.25) is 14.4 Å². The normalized spacial score (nSPS) is 10.3. The number of amides is 3. The second-order valence-electron chi connectivity index (χ2n) is 6.79. The van der Waals surface area contributed by atoms with Crippen molar-refractivity contribution in [1.29, 1.82) is 0 Å². The fourth-order valence-corrected chi connectivity index (χ4v) is 2.99. The highest BCUT2D eigenvalue weighted by atomic mass is 35.5. The summed E-state index contributed by atoms with van der Waals surface area (Å²) >= 11 is 6.15. The van der Waals surface area contributed by atoms with Crippen LogP contribution in [0.25, 0.3) is 0 Å². The summed E-state index contributed by atoms with van der Waals surface area (Å²) in [6, 6.07) is 15.1. The highest BCUT2D eigenvalue weighted by Gasteiger charge is 2.15. The van der Waals surface area contributed by atoms with E-state index in [1.807, 2.05) is 0 Å². The Hall–Kier alpha value is -3.71. The number of hydrogen-bond donors (Lipinski definition) is 3. The van der Waals surface area contributed by atoms with Gasteiger partial charge in [-0.2, -0.15) is 0 Å². The molecule has 0 aliphatic carbocycles. The van der Waals surface area contributed by atoms with E-state index in [1.54, 1.807) is 37.3 Å². The van der Waals surface area contributed by atoms with E-state index in [9.17, 15) is 18.8 Å². The van der Waals surface area contributed by atoms with Crippen LogP contribution in [0.3, 0.4) is 0 Å². The Kier molecular flexibility index (Phi) is 6.67. The maximum Gasteiger partial charge on any atom is 0.258 e. The van der Waals surface area contributed by atoms with Gasteiger partial charge in [0.2, 0.25) is 5.91 Å². The first-order valence-corrected chi connectivity index (χ1v) is 9.67. The number of carbonyl (C=O) groups excluding carboxylic acids is 3. The number of anilines is 3. The molecule has 0 radical (unpaired) electrons.